The van der Waals surface area contributed by atoms with E-state index in [0.29, 0.717) is 19.7 Å². The highest BCUT2D eigenvalue weighted by Gasteiger charge is 2.24. The molecule has 2 aromatic rings. The number of nitrogens with one attached hydrogen (secondary N) is 2. The van der Waals surface area contributed by atoms with E-state index in [0.717, 1.165) is 50.1 Å². The summed E-state index contributed by atoms with van der Waals surface area (Å²) >= 11 is 0. The molecule has 1 aliphatic heterocycles. The minimum atomic E-state index is 0.158. The predicted molar refractivity (Wildman–Crippen MR) is 116 cm³/mol. The fourth-order valence-corrected chi connectivity index (χ4v) is 3.75. The fourth-order valence-electron chi connectivity index (χ4n) is 3.75. The van der Waals surface area contributed by atoms with E-state index in [-0.39, 0.29) is 6.04 Å². The molecule has 0 radical (unpaired) electrons. The van der Waals surface area contributed by atoms with Gasteiger partial charge < -0.3 is 24.4 Å². The second-order valence-electron chi connectivity index (χ2n) is 7.46. The number of nitrogens with zero attached hydrogens (tertiary/aromatic N) is 5. The Bertz CT molecular complexity index is 738. The van der Waals surface area contributed by atoms with Crippen LogP contribution in [0.3, 0.4) is 0 Å². The number of aryl methyl sites for hydroxylation is 1. The highest BCUT2D eigenvalue weighted by molar-refractivity contribution is 5.79. The molecule has 2 aromatic heterocycles. The molecule has 166 valence electrons. The Morgan fingerprint density at radius 1 is 1.27 bits per heavy atom. The van der Waals surface area contributed by atoms with Crippen molar-refractivity contribution in [1.29, 1.82) is 0 Å². The van der Waals surface area contributed by atoms with Gasteiger partial charge in [0.15, 0.2) is 5.96 Å². The van der Waals surface area contributed by atoms with Crippen LogP contribution in [-0.4, -0.2) is 72.1 Å². The van der Waals surface area contributed by atoms with E-state index in [9.17, 15) is 0 Å². The number of piperidine rings is 1. The zero-order chi connectivity index (χ0) is 21.0. The first-order chi connectivity index (χ1) is 14.8. The minimum absolute atomic E-state index is 0.158. The Labute approximate surface area is 178 Å². The second-order valence-corrected chi connectivity index (χ2v) is 7.46. The summed E-state index contributed by atoms with van der Waals surface area (Å²) in [5.41, 5.74) is 0. The lowest BCUT2D eigenvalue weighted by atomic mass is 10.1. The Balaban J connectivity index is 1.62. The van der Waals surface area contributed by atoms with Gasteiger partial charge >= 0.3 is 0 Å². The molecule has 1 atom stereocenters. The van der Waals surface area contributed by atoms with Gasteiger partial charge in [0, 0.05) is 33.2 Å². The predicted octanol–water partition coefficient (Wildman–Crippen LogP) is 1.84. The third-order valence-electron chi connectivity index (χ3n) is 5.38. The van der Waals surface area contributed by atoms with Crippen LogP contribution in [0.4, 0.5) is 0 Å². The van der Waals surface area contributed by atoms with E-state index in [1.807, 2.05) is 6.07 Å². The van der Waals surface area contributed by atoms with Crippen molar-refractivity contribution in [2.45, 2.75) is 45.2 Å². The summed E-state index contributed by atoms with van der Waals surface area (Å²) in [5.74, 6) is 2.76. The first-order valence-corrected chi connectivity index (χ1v) is 11.0. The van der Waals surface area contributed by atoms with Crippen molar-refractivity contribution in [1.82, 2.24) is 30.3 Å². The standard InChI is InChI=1S/C21H35N7O2/c1-3-20-26-25-17-28(20)13-9-22-21(23-10-15-29-2)24-16-18(19-8-7-14-30-19)27-11-5-4-6-12-27/h7-8,14,17-18H,3-6,9-13,15-16H2,1-2H3,(H2,22,23,24). The number of furan rings is 1. The highest BCUT2D eigenvalue weighted by atomic mass is 16.5. The van der Waals surface area contributed by atoms with Crippen LogP contribution in [0.15, 0.2) is 34.1 Å². The van der Waals surface area contributed by atoms with Crippen LogP contribution in [0.2, 0.25) is 0 Å². The Morgan fingerprint density at radius 3 is 2.83 bits per heavy atom. The van der Waals surface area contributed by atoms with Gasteiger partial charge in [-0.25, -0.2) is 0 Å². The van der Waals surface area contributed by atoms with Gasteiger partial charge in [0.25, 0.3) is 0 Å². The molecular weight excluding hydrogens is 382 g/mol. The topological polar surface area (TPSA) is 92.7 Å². The lowest BCUT2D eigenvalue weighted by Crippen LogP contribution is -2.41. The van der Waals surface area contributed by atoms with Gasteiger partial charge in [-0.1, -0.05) is 13.3 Å². The molecule has 1 fully saturated rings. The number of methoxy groups -OCH3 is 1. The lowest BCUT2D eigenvalue weighted by molar-refractivity contribution is 0.150. The molecule has 9 nitrogen and oxygen atoms in total. The summed E-state index contributed by atoms with van der Waals surface area (Å²) in [6.07, 6.45) is 8.16. The maximum absolute atomic E-state index is 5.75. The van der Waals surface area contributed by atoms with Crippen molar-refractivity contribution in [2.24, 2.45) is 4.99 Å². The Hall–Kier alpha value is -2.39. The maximum atomic E-state index is 5.75. The normalized spacial score (nSPS) is 16.5. The van der Waals surface area contributed by atoms with Gasteiger partial charge in [0.05, 0.1) is 25.5 Å². The zero-order valence-electron chi connectivity index (χ0n) is 18.2. The molecule has 0 amide bonds. The maximum Gasteiger partial charge on any atom is 0.191 e. The molecule has 0 bridgehead atoms. The monoisotopic (exact) mass is 417 g/mol. The van der Waals surface area contributed by atoms with Gasteiger partial charge in [-0.15, -0.1) is 10.2 Å². The third kappa shape index (κ3) is 6.56. The molecule has 1 aliphatic rings. The zero-order valence-corrected chi connectivity index (χ0v) is 18.2. The van der Waals surface area contributed by atoms with Gasteiger partial charge in [-0.05, 0) is 38.1 Å². The minimum Gasteiger partial charge on any atom is -0.468 e. The molecule has 3 heterocycles. The molecule has 0 aliphatic carbocycles. The van der Waals surface area contributed by atoms with E-state index >= 15 is 0 Å². The van der Waals surface area contributed by atoms with Gasteiger partial charge in [0.2, 0.25) is 0 Å². The van der Waals surface area contributed by atoms with Crippen LogP contribution in [0.25, 0.3) is 0 Å². The van der Waals surface area contributed by atoms with Crippen molar-refractivity contribution in [3.05, 3.63) is 36.3 Å². The number of rotatable bonds is 11. The van der Waals surface area contributed by atoms with Crippen LogP contribution in [0.5, 0.6) is 0 Å². The number of hydrogen-bond donors (Lipinski definition) is 2. The van der Waals surface area contributed by atoms with E-state index in [1.165, 1.54) is 19.3 Å². The average Bonchev–Trinajstić information content (AvgIpc) is 3.46. The summed E-state index contributed by atoms with van der Waals surface area (Å²) in [6, 6.07) is 4.17. The molecule has 9 heteroatoms. The number of guanidine groups is 1. The van der Waals surface area contributed by atoms with Crippen LogP contribution >= 0.6 is 0 Å². The number of aliphatic imine (C=N–C) groups is 1. The molecule has 0 spiro atoms. The molecule has 0 saturated carbocycles. The van der Waals surface area contributed by atoms with Gasteiger partial charge in [-0.2, -0.15) is 0 Å². The van der Waals surface area contributed by atoms with Crippen LogP contribution in [-0.2, 0) is 17.7 Å². The molecule has 1 saturated heterocycles. The lowest BCUT2D eigenvalue weighted by Gasteiger charge is -2.32. The SMILES string of the molecule is CCc1nncn1CCNC(=NCC(c1ccco1)N1CCCCC1)NCCOC. The number of likely N-dealkylation sites (tertiary alicyclic amines) is 1. The van der Waals surface area contributed by atoms with Crippen molar-refractivity contribution in [3.8, 4) is 0 Å². The van der Waals surface area contributed by atoms with E-state index in [1.54, 1.807) is 19.7 Å². The number of ether oxygens (including phenoxy) is 1. The van der Waals surface area contributed by atoms with Gasteiger partial charge in [0.1, 0.15) is 17.9 Å². The average molecular weight is 418 g/mol. The number of aromatic nitrogens is 3. The van der Waals surface area contributed by atoms with Crippen LogP contribution < -0.4 is 10.6 Å². The number of hydrogen-bond acceptors (Lipinski definition) is 6. The van der Waals surface area contributed by atoms with Crippen LogP contribution in [0.1, 0.15) is 43.8 Å². The van der Waals surface area contributed by atoms with Gasteiger partial charge in [-0.3, -0.25) is 9.89 Å². The van der Waals surface area contributed by atoms with Crippen molar-refractivity contribution >= 4 is 5.96 Å². The summed E-state index contributed by atoms with van der Waals surface area (Å²) in [7, 11) is 1.70. The molecular formula is C21H35N7O2. The second kappa shape index (κ2) is 12.3. The van der Waals surface area contributed by atoms with Crippen molar-refractivity contribution < 1.29 is 9.15 Å². The van der Waals surface area contributed by atoms with Crippen LogP contribution in [0, 0.1) is 0 Å². The summed E-state index contributed by atoms with van der Waals surface area (Å²) in [4.78, 5) is 7.37. The highest BCUT2D eigenvalue weighted by Crippen LogP contribution is 2.25. The largest absolute Gasteiger partial charge is 0.468 e. The third-order valence-corrected chi connectivity index (χ3v) is 5.38. The van der Waals surface area contributed by atoms with E-state index in [2.05, 4.69) is 43.3 Å². The molecule has 3 rings (SSSR count). The van der Waals surface area contributed by atoms with Crippen molar-refractivity contribution in [2.75, 3.05) is 46.4 Å². The molecule has 30 heavy (non-hydrogen) atoms. The first kappa shape index (κ1) is 22.3. The smallest absolute Gasteiger partial charge is 0.191 e. The quantitative estimate of drug-likeness (QED) is 0.327. The summed E-state index contributed by atoms with van der Waals surface area (Å²) in [5, 5.41) is 14.9. The Kier molecular flexibility index (Phi) is 9.17. The summed E-state index contributed by atoms with van der Waals surface area (Å²) in [6.45, 7) is 7.76. The summed E-state index contributed by atoms with van der Waals surface area (Å²) < 4.78 is 13.0. The van der Waals surface area contributed by atoms with E-state index < -0.39 is 0 Å². The van der Waals surface area contributed by atoms with E-state index in [4.69, 9.17) is 14.1 Å². The molecule has 2 N–H and O–H groups in total. The van der Waals surface area contributed by atoms with Crippen molar-refractivity contribution in [3.63, 3.8) is 0 Å². The first-order valence-electron chi connectivity index (χ1n) is 11.0. The molecule has 0 aromatic carbocycles. The fraction of sp³-hybridized carbons (Fsp3) is 0.667. The molecule has 1 unspecified atom stereocenters. The Morgan fingerprint density at radius 2 is 2.10 bits per heavy atom.